The zero-order chi connectivity index (χ0) is 12.0. The van der Waals surface area contributed by atoms with E-state index in [0.29, 0.717) is 11.3 Å². The summed E-state index contributed by atoms with van der Waals surface area (Å²) in [7, 11) is 2.07. The molecule has 1 aromatic carbocycles. The van der Waals surface area contributed by atoms with Crippen LogP contribution in [0.5, 0.6) is 0 Å². The molecule has 1 aromatic rings. The maximum absolute atomic E-state index is 8.94. The number of nitriles is 1. The fourth-order valence-electron chi connectivity index (χ4n) is 1.35. The van der Waals surface area contributed by atoms with E-state index in [1.54, 1.807) is 12.1 Å². The van der Waals surface area contributed by atoms with Gasteiger partial charge < -0.3 is 16.0 Å². The third kappa shape index (κ3) is 3.44. The second-order valence-electron chi connectivity index (χ2n) is 3.74. The molecule has 16 heavy (non-hydrogen) atoms. The van der Waals surface area contributed by atoms with Crippen molar-refractivity contribution in [1.82, 2.24) is 4.90 Å². The van der Waals surface area contributed by atoms with Crippen molar-refractivity contribution in [2.24, 2.45) is 0 Å². The van der Waals surface area contributed by atoms with Gasteiger partial charge in [0, 0.05) is 18.8 Å². The predicted molar refractivity (Wildman–Crippen MR) is 67.2 cm³/mol. The molecule has 0 amide bonds. The minimum atomic E-state index is 0.596. The van der Waals surface area contributed by atoms with Crippen LogP contribution in [0.25, 0.3) is 0 Å². The molecule has 1 rings (SSSR count). The van der Waals surface area contributed by atoms with Crippen LogP contribution in [0.2, 0.25) is 0 Å². The van der Waals surface area contributed by atoms with Gasteiger partial charge in [-0.25, -0.2) is 0 Å². The summed E-state index contributed by atoms with van der Waals surface area (Å²) in [6.07, 6.45) is 0. The van der Waals surface area contributed by atoms with Crippen molar-refractivity contribution in [1.29, 1.82) is 5.26 Å². The lowest BCUT2D eigenvalue weighted by atomic mass is 10.1. The molecule has 0 atom stereocenters. The second-order valence-corrected chi connectivity index (χ2v) is 3.74. The van der Waals surface area contributed by atoms with Crippen molar-refractivity contribution in [3.05, 3.63) is 23.8 Å². The van der Waals surface area contributed by atoms with E-state index in [0.717, 1.165) is 25.3 Å². The first-order valence-electron chi connectivity index (χ1n) is 5.39. The number of nitrogens with zero attached hydrogens (tertiary/aromatic N) is 2. The summed E-state index contributed by atoms with van der Waals surface area (Å²) in [5.74, 6) is 0. The van der Waals surface area contributed by atoms with Crippen molar-refractivity contribution < 1.29 is 0 Å². The predicted octanol–water partition coefficient (Wildman–Crippen LogP) is 1.50. The molecular formula is C12H18N4. The van der Waals surface area contributed by atoms with Crippen molar-refractivity contribution in [3.8, 4) is 6.07 Å². The average Bonchev–Trinajstić information content (AvgIpc) is 2.30. The second kappa shape index (κ2) is 5.99. The molecule has 0 unspecified atom stereocenters. The first-order valence-corrected chi connectivity index (χ1v) is 5.39. The average molecular weight is 218 g/mol. The minimum Gasteiger partial charge on any atom is -0.399 e. The SMILES string of the molecule is CCN(C)CCNc1ccc(N)cc1C#N. The Kier molecular flexibility index (Phi) is 4.62. The number of nitrogen functional groups attached to an aromatic ring is 1. The summed E-state index contributed by atoms with van der Waals surface area (Å²) in [4.78, 5) is 2.20. The molecule has 0 saturated carbocycles. The molecule has 86 valence electrons. The van der Waals surface area contributed by atoms with Crippen LogP contribution < -0.4 is 11.1 Å². The van der Waals surface area contributed by atoms with Gasteiger partial charge in [0.25, 0.3) is 0 Å². The van der Waals surface area contributed by atoms with Crippen molar-refractivity contribution in [3.63, 3.8) is 0 Å². The van der Waals surface area contributed by atoms with Crippen molar-refractivity contribution >= 4 is 11.4 Å². The smallest absolute Gasteiger partial charge is 0.101 e. The van der Waals surface area contributed by atoms with E-state index in [4.69, 9.17) is 11.0 Å². The lowest BCUT2D eigenvalue weighted by molar-refractivity contribution is 0.367. The van der Waals surface area contributed by atoms with Gasteiger partial charge in [0.1, 0.15) is 6.07 Å². The lowest BCUT2D eigenvalue weighted by Gasteiger charge is -2.15. The van der Waals surface area contributed by atoms with E-state index in [2.05, 4.69) is 30.3 Å². The summed E-state index contributed by atoms with van der Waals surface area (Å²) >= 11 is 0. The first-order chi connectivity index (χ1) is 7.67. The maximum Gasteiger partial charge on any atom is 0.101 e. The molecule has 0 aromatic heterocycles. The number of anilines is 2. The molecule has 3 N–H and O–H groups in total. The van der Waals surface area contributed by atoms with Crippen LogP contribution in [-0.4, -0.2) is 31.6 Å². The van der Waals surface area contributed by atoms with E-state index in [9.17, 15) is 0 Å². The van der Waals surface area contributed by atoms with E-state index >= 15 is 0 Å². The highest BCUT2D eigenvalue weighted by molar-refractivity contribution is 5.62. The van der Waals surface area contributed by atoms with Crippen LogP contribution in [0.15, 0.2) is 18.2 Å². The van der Waals surface area contributed by atoms with Crippen LogP contribution in [0.3, 0.4) is 0 Å². The fourth-order valence-corrected chi connectivity index (χ4v) is 1.35. The summed E-state index contributed by atoms with van der Waals surface area (Å²) < 4.78 is 0. The first kappa shape index (κ1) is 12.3. The zero-order valence-corrected chi connectivity index (χ0v) is 9.83. The van der Waals surface area contributed by atoms with Gasteiger partial charge in [0.2, 0.25) is 0 Å². The quantitative estimate of drug-likeness (QED) is 0.735. The van der Waals surface area contributed by atoms with Crippen LogP contribution in [0.1, 0.15) is 12.5 Å². The van der Waals surface area contributed by atoms with Crippen molar-refractivity contribution in [2.45, 2.75) is 6.92 Å². The standard InChI is InChI=1S/C12H18N4/c1-3-16(2)7-6-15-12-5-4-11(14)8-10(12)9-13/h4-5,8,15H,3,6-7,14H2,1-2H3. The zero-order valence-electron chi connectivity index (χ0n) is 9.83. The molecule has 0 spiro atoms. The van der Waals surface area contributed by atoms with Crippen LogP contribution in [0, 0.1) is 11.3 Å². The van der Waals surface area contributed by atoms with E-state index in [1.807, 2.05) is 6.07 Å². The number of nitrogens with one attached hydrogen (secondary N) is 1. The molecule has 0 aliphatic rings. The van der Waals surface area contributed by atoms with Gasteiger partial charge in [-0.3, -0.25) is 0 Å². The molecule has 0 heterocycles. The van der Waals surface area contributed by atoms with E-state index in [1.165, 1.54) is 0 Å². The minimum absolute atomic E-state index is 0.596. The number of hydrogen-bond acceptors (Lipinski definition) is 4. The summed E-state index contributed by atoms with van der Waals surface area (Å²) in [6, 6.07) is 7.46. The van der Waals surface area contributed by atoms with Crippen LogP contribution >= 0.6 is 0 Å². The molecule has 0 saturated heterocycles. The molecule has 0 aliphatic heterocycles. The van der Waals surface area contributed by atoms with Crippen LogP contribution in [0.4, 0.5) is 11.4 Å². The summed E-state index contributed by atoms with van der Waals surface area (Å²) in [6.45, 7) is 4.91. The molecule has 0 bridgehead atoms. The third-order valence-corrected chi connectivity index (χ3v) is 2.51. The molecular weight excluding hydrogens is 200 g/mol. The fraction of sp³-hybridized carbons (Fsp3) is 0.417. The van der Waals surface area contributed by atoms with Crippen LogP contribution in [-0.2, 0) is 0 Å². The van der Waals surface area contributed by atoms with Gasteiger partial charge in [-0.15, -0.1) is 0 Å². The Hall–Kier alpha value is -1.73. The molecule has 0 fully saturated rings. The Labute approximate surface area is 96.7 Å². The van der Waals surface area contributed by atoms with Gasteiger partial charge in [-0.1, -0.05) is 6.92 Å². The van der Waals surface area contributed by atoms with Gasteiger partial charge >= 0.3 is 0 Å². The number of benzene rings is 1. The maximum atomic E-state index is 8.94. The van der Waals surface area contributed by atoms with E-state index < -0.39 is 0 Å². The number of nitrogens with two attached hydrogens (primary N) is 1. The largest absolute Gasteiger partial charge is 0.399 e. The normalized spacial score (nSPS) is 10.1. The van der Waals surface area contributed by atoms with E-state index in [-0.39, 0.29) is 0 Å². The van der Waals surface area contributed by atoms with Crippen molar-refractivity contribution in [2.75, 3.05) is 37.7 Å². The lowest BCUT2D eigenvalue weighted by Crippen LogP contribution is -2.24. The number of likely N-dealkylation sites (N-methyl/N-ethyl adjacent to an activating group) is 1. The Balaban J connectivity index is 2.57. The molecule has 0 radical (unpaired) electrons. The highest BCUT2D eigenvalue weighted by Crippen LogP contribution is 2.17. The summed E-state index contributed by atoms with van der Waals surface area (Å²) in [5.41, 5.74) is 7.68. The Morgan fingerprint density at radius 2 is 2.25 bits per heavy atom. The Bertz CT molecular complexity index is 381. The Morgan fingerprint density at radius 3 is 2.88 bits per heavy atom. The van der Waals surface area contributed by atoms with Gasteiger partial charge in [-0.2, -0.15) is 5.26 Å². The summed E-state index contributed by atoms with van der Waals surface area (Å²) in [5, 5.41) is 12.2. The third-order valence-electron chi connectivity index (χ3n) is 2.51. The van der Waals surface area contributed by atoms with Gasteiger partial charge in [-0.05, 0) is 31.8 Å². The Morgan fingerprint density at radius 1 is 1.50 bits per heavy atom. The van der Waals surface area contributed by atoms with Gasteiger partial charge in [0.05, 0.1) is 11.3 Å². The topological polar surface area (TPSA) is 65.1 Å². The molecule has 4 heteroatoms. The van der Waals surface area contributed by atoms with Gasteiger partial charge in [0.15, 0.2) is 0 Å². The highest BCUT2D eigenvalue weighted by atomic mass is 15.1. The monoisotopic (exact) mass is 218 g/mol. The highest BCUT2D eigenvalue weighted by Gasteiger charge is 2.02. The number of rotatable bonds is 5. The molecule has 4 nitrogen and oxygen atoms in total. The number of hydrogen-bond donors (Lipinski definition) is 2. The molecule has 0 aliphatic carbocycles.